The summed E-state index contributed by atoms with van der Waals surface area (Å²) in [5, 5.41) is 0. The standard InChI is InChI=1S/C16H24N2O/c1-12-9-18(10-13(2)19-12)11-16(7-8-16)14-3-5-15(17)6-4-14/h3-6,12-13H,7-11,17H2,1-2H3. The van der Waals surface area contributed by atoms with Crippen LogP contribution in [0.1, 0.15) is 32.3 Å². The maximum absolute atomic E-state index is 5.81. The van der Waals surface area contributed by atoms with E-state index in [9.17, 15) is 0 Å². The molecule has 1 saturated heterocycles. The summed E-state index contributed by atoms with van der Waals surface area (Å²) in [4.78, 5) is 2.57. The van der Waals surface area contributed by atoms with Crippen LogP contribution in [0.25, 0.3) is 0 Å². The number of anilines is 1. The Balaban J connectivity index is 1.70. The average Bonchev–Trinajstić information content (AvgIpc) is 3.09. The average molecular weight is 260 g/mol. The molecule has 0 amide bonds. The van der Waals surface area contributed by atoms with Gasteiger partial charge in [-0.1, -0.05) is 12.1 Å². The van der Waals surface area contributed by atoms with Crippen molar-refractivity contribution >= 4 is 5.69 Å². The smallest absolute Gasteiger partial charge is 0.0678 e. The molecule has 19 heavy (non-hydrogen) atoms. The molecule has 104 valence electrons. The van der Waals surface area contributed by atoms with E-state index >= 15 is 0 Å². The Kier molecular flexibility index (Phi) is 3.27. The van der Waals surface area contributed by atoms with Gasteiger partial charge >= 0.3 is 0 Å². The van der Waals surface area contributed by atoms with E-state index in [1.165, 1.54) is 18.4 Å². The minimum Gasteiger partial charge on any atom is -0.399 e. The van der Waals surface area contributed by atoms with Gasteiger partial charge in [-0.05, 0) is 44.4 Å². The largest absolute Gasteiger partial charge is 0.399 e. The minimum absolute atomic E-state index is 0.353. The molecule has 1 aliphatic heterocycles. The molecule has 0 radical (unpaired) electrons. The zero-order valence-electron chi connectivity index (χ0n) is 11.9. The predicted molar refractivity (Wildman–Crippen MR) is 78.2 cm³/mol. The fraction of sp³-hybridized carbons (Fsp3) is 0.625. The van der Waals surface area contributed by atoms with Crippen molar-refractivity contribution in [3.8, 4) is 0 Å². The van der Waals surface area contributed by atoms with Crippen LogP contribution in [0.4, 0.5) is 5.69 Å². The van der Waals surface area contributed by atoms with E-state index in [2.05, 4.69) is 30.9 Å². The van der Waals surface area contributed by atoms with E-state index in [4.69, 9.17) is 10.5 Å². The van der Waals surface area contributed by atoms with E-state index < -0.39 is 0 Å². The molecule has 1 aromatic rings. The molecule has 3 nitrogen and oxygen atoms in total. The predicted octanol–water partition coefficient (Wildman–Crippen LogP) is 2.41. The number of nitrogen functional groups attached to an aromatic ring is 1. The SMILES string of the molecule is CC1CN(CC2(c3ccc(N)cc3)CC2)CC(C)O1. The van der Waals surface area contributed by atoms with Crippen molar-refractivity contribution in [2.75, 3.05) is 25.4 Å². The van der Waals surface area contributed by atoms with E-state index in [1.807, 2.05) is 12.1 Å². The molecule has 2 N–H and O–H groups in total. The Morgan fingerprint density at radius 1 is 1.16 bits per heavy atom. The van der Waals surface area contributed by atoms with E-state index in [0.717, 1.165) is 25.3 Å². The second kappa shape index (κ2) is 4.80. The Morgan fingerprint density at radius 2 is 1.74 bits per heavy atom. The van der Waals surface area contributed by atoms with E-state index in [0.29, 0.717) is 17.6 Å². The van der Waals surface area contributed by atoms with Crippen LogP contribution in [0, 0.1) is 0 Å². The molecule has 2 aliphatic rings. The first-order valence-corrected chi connectivity index (χ1v) is 7.31. The Hall–Kier alpha value is -1.06. The van der Waals surface area contributed by atoms with E-state index in [1.54, 1.807) is 0 Å². The van der Waals surface area contributed by atoms with Crippen LogP contribution in [0.3, 0.4) is 0 Å². The fourth-order valence-electron chi connectivity index (χ4n) is 3.37. The van der Waals surface area contributed by atoms with Crippen molar-refractivity contribution < 1.29 is 4.74 Å². The topological polar surface area (TPSA) is 38.5 Å². The van der Waals surface area contributed by atoms with Gasteiger partial charge in [0.05, 0.1) is 12.2 Å². The van der Waals surface area contributed by atoms with Crippen molar-refractivity contribution in [3.05, 3.63) is 29.8 Å². The van der Waals surface area contributed by atoms with Crippen molar-refractivity contribution in [1.29, 1.82) is 0 Å². The molecule has 1 heterocycles. The summed E-state index contributed by atoms with van der Waals surface area (Å²) >= 11 is 0. The molecule has 0 aromatic heterocycles. The summed E-state index contributed by atoms with van der Waals surface area (Å²) in [6.45, 7) is 7.62. The van der Waals surface area contributed by atoms with Crippen LogP contribution in [-0.4, -0.2) is 36.7 Å². The Labute approximate surface area is 115 Å². The first kappa shape index (κ1) is 12.9. The number of morpholine rings is 1. The molecule has 3 rings (SSSR count). The number of nitrogens with zero attached hydrogens (tertiary/aromatic N) is 1. The molecule has 1 aromatic carbocycles. The number of rotatable bonds is 3. The van der Waals surface area contributed by atoms with Crippen LogP contribution >= 0.6 is 0 Å². The molecule has 2 unspecified atom stereocenters. The third kappa shape index (κ3) is 2.77. The molecule has 0 spiro atoms. The van der Waals surface area contributed by atoms with Crippen LogP contribution in [0.2, 0.25) is 0 Å². The molecular formula is C16H24N2O. The fourth-order valence-corrected chi connectivity index (χ4v) is 3.37. The molecule has 2 atom stereocenters. The third-order valence-corrected chi connectivity index (χ3v) is 4.40. The lowest BCUT2D eigenvalue weighted by Gasteiger charge is -2.37. The van der Waals surface area contributed by atoms with Crippen LogP contribution in [0.15, 0.2) is 24.3 Å². The summed E-state index contributed by atoms with van der Waals surface area (Å²) in [6, 6.07) is 8.46. The second-order valence-corrected chi connectivity index (χ2v) is 6.35. The van der Waals surface area contributed by atoms with Crippen LogP contribution < -0.4 is 5.73 Å². The molecule has 1 saturated carbocycles. The highest BCUT2D eigenvalue weighted by molar-refractivity contribution is 5.43. The van der Waals surface area contributed by atoms with Crippen LogP contribution in [0.5, 0.6) is 0 Å². The monoisotopic (exact) mass is 260 g/mol. The summed E-state index contributed by atoms with van der Waals surface area (Å²) in [7, 11) is 0. The summed E-state index contributed by atoms with van der Waals surface area (Å²) in [5.74, 6) is 0. The van der Waals surface area contributed by atoms with Gasteiger partial charge < -0.3 is 10.5 Å². The van der Waals surface area contributed by atoms with Gasteiger partial charge in [-0.25, -0.2) is 0 Å². The quantitative estimate of drug-likeness (QED) is 0.848. The van der Waals surface area contributed by atoms with Crippen molar-refractivity contribution in [1.82, 2.24) is 4.90 Å². The lowest BCUT2D eigenvalue weighted by atomic mass is 9.94. The number of ether oxygens (including phenoxy) is 1. The van der Waals surface area contributed by atoms with Gasteiger partial charge in [0.1, 0.15) is 0 Å². The van der Waals surface area contributed by atoms with Gasteiger partial charge in [-0.15, -0.1) is 0 Å². The summed E-state index contributed by atoms with van der Waals surface area (Å²) in [5.41, 5.74) is 8.47. The van der Waals surface area contributed by atoms with Gasteiger partial charge in [-0.3, -0.25) is 4.90 Å². The zero-order valence-corrected chi connectivity index (χ0v) is 11.9. The highest BCUT2D eigenvalue weighted by Crippen LogP contribution is 2.49. The maximum atomic E-state index is 5.81. The summed E-state index contributed by atoms with van der Waals surface area (Å²) < 4.78 is 5.81. The third-order valence-electron chi connectivity index (χ3n) is 4.40. The molecular weight excluding hydrogens is 236 g/mol. The van der Waals surface area contributed by atoms with Crippen molar-refractivity contribution in [2.24, 2.45) is 0 Å². The molecule has 0 bridgehead atoms. The number of benzene rings is 1. The molecule has 3 heteroatoms. The number of hydrogen-bond acceptors (Lipinski definition) is 3. The first-order chi connectivity index (χ1) is 9.07. The lowest BCUT2D eigenvalue weighted by Crippen LogP contribution is -2.48. The van der Waals surface area contributed by atoms with E-state index in [-0.39, 0.29) is 0 Å². The minimum atomic E-state index is 0.353. The second-order valence-electron chi connectivity index (χ2n) is 6.35. The van der Waals surface area contributed by atoms with Crippen LogP contribution in [-0.2, 0) is 10.2 Å². The Morgan fingerprint density at radius 3 is 2.26 bits per heavy atom. The first-order valence-electron chi connectivity index (χ1n) is 7.31. The number of hydrogen-bond donors (Lipinski definition) is 1. The van der Waals surface area contributed by atoms with Gasteiger partial charge in [-0.2, -0.15) is 0 Å². The van der Waals surface area contributed by atoms with Gasteiger partial charge in [0, 0.05) is 30.7 Å². The molecule has 1 aliphatic carbocycles. The zero-order chi connectivity index (χ0) is 13.5. The lowest BCUT2D eigenvalue weighted by molar-refractivity contribution is -0.0700. The van der Waals surface area contributed by atoms with Gasteiger partial charge in [0.2, 0.25) is 0 Å². The summed E-state index contributed by atoms with van der Waals surface area (Å²) in [6.07, 6.45) is 3.31. The maximum Gasteiger partial charge on any atom is 0.0678 e. The highest BCUT2D eigenvalue weighted by atomic mass is 16.5. The van der Waals surface area contributed by atoms with Crippen molar-refractivity contribution in [2.45, 2.75) is 44.3 Å². The van der Waals surface area contributed by atoms with Gasteiger partial charge in [0.25, 0.3) is 0 Å². The normalized spacial score (nSPS) is 30.2. The highest BCUT2D eigenvalue weighted by Gasteiger charge is 2.46. The van der Waals surface area contributed by atoms with Crippen molar-refractivity contribution in [3.63, 3.8) is 0 Å². The Bertz CT molecular complexity index is 429. The number of nitrogens with two attached hydrogens (primary N) is 1. The van der Waals surface area contributed by atoms with Gasteiger partial charge in [0.15, 0.2) is 0 Å². The molecule has 2 fully saturated rings.